The van der Waals surface area contributed by atoms with Gasteiger partial charge in [0.25, 0.3) is 0 Å². The second-order valence-electron chi connectivity index (χ2n) is 4.02. The van der Waals surface area contributed by atoms with E-state index in [0.29, 0.717) is 0 Å². The molecule has 0 unspecified atom stereocenters. The smallest absolute Gasteiger partial charge is 0.0614 e. The Morgan fingerprint density at radius 3 is 2.44 bits per heavy atom. The molecular formula is C15H20O. The Morgan fingerprint density at radius 2 is 1.81 bits per heavy atom. The van der Waals surface area contributed by atoms with Crippen molar-refractivity contribution in [3.63, 3.8) is 0 Å². The standard InChI is InChI=1S/C15H20O/c1-13(11-12-16)7-6-8-14(2)15-9-4-3-5-10-15/h3-5,8-11,16H,6-7,12H2,1-2H3/b13-11+,14-8+. The van der Waals surface area contributed by atoms with Crippen LogP contribution in [0.2, 0.25) is 0 Å². The average Bonchev–Trinajstić information content (AvgIpc) is 2.30. The number of aliphatic hydroxyl groups excluding tert-OH is 1. The van der Waals surface area contributed by atoms with E-state index in [1.165, 1.54) is 16.7 Å². The maximum Gasteiger partial charge on any atom is 0.0614 e. The normalized spacial score (nSPS) is 12.9. The maximum atomic E-state index is 8.73. The quantitative estimate of drug-likeness (QED) is 0.742. The van der Waals surface area contributed by atoms with Gasteiger partial charge < -0.3 is 5.11 Å². The third kappa shape index (κ3) is 4.45. The summed E-state index contributed by atoms with van der Waals surface area (Å²) in [6.07, 6.45) is 6.17. The molecule has 1 rings (SSSR count). The minimum absolute atomic E-state index is 0.146. The first kappa shape index (κ1) is 12.7. The molecule has 1 nitrogen and oxygen atoms in total. The first-order valence-electron chi connectivity index (χ1n) is 5.72. The summed E-state index contributed by atoms with van der Waals surface area (Å²) in [5, 5.41) is 8.73. The fraction of sp³-hybridized carbons (Fsp3) is 0.333. The number of hydrogen-bond acceptors (Lipinski definition) is 1. The monoisotopic (exact) mass is 216 g/mol. The van der Waals surface area contributed by atoms with Crippen molar-refractivity contribution in [3.05, 3.63) is 53.6 Å². The van der Waals surface area contributed by atoms with Gasteiger partial charge in [0.05, 0.1) is 6.61 Å². The highest BCUT2D eigenvalue weighted by molar-refractivity contribution is 5.63. The lowest BCUT2D eigenvalue weighted by atomic mass is 10.0. The molecule has 0 aliphatic rings. The van der Waals surface area contributed by atoms with Gasteiger partial charge in [-0.2, -0.15) is 0 Å². The molecule has 0 bridgehead atoms. The number of allylic oxidation sites excluding steroid dienone is 3. The van der Waals surface area contributed by atoms with Gasteiger partial charge >= 0.3 is 0 Å². The van der Waals surface area contributed by atoms with E-state index >= 15 is 0 Å². The number of benzene rings is 1. The number of aliphatic hydroxyl groups is 1. The zero-order valence-corrected chi connectivity index (χ0v) is 10.1. The predicted molar refractivity (Wildman–Crippen MR) is 70.2 cm³/mol. The van der Waals surface area contributed by atoms with Gasteiger partial charge in [0, 0.05) is 0 Å². The van der Waals surface area contributed by atoms with Crippen LogP contribution in [0.25, 0.3) is 5.57 Å². The summed E-state index contributed by atoms with van der Waals surface area (Å²) in [6.45, 7) is 4.34. The van der Waals surface area contributed by atoms with E-state index in [9.17, 15) is 0 Å². The first-order valence-corrected chi connectivity index (χ1v) is 5.72. The molecule has 16 heavy (non-hydrogen) atoms. The molecule has 0 amide bonds. The van der Waals surface area contributed by atoms with E-state index in [1.54, 1.807) is 0 Å². The summed E-state index contributed by atoms with van der Waals surface area (Å²) < 4.78 is 0. The second kappa shape index (κ2) is 7.02. The molecule has 0 radical (unpaired) electrons. The molecule has 0 atom stereocenters. The maximum absolute atomic E-state index is 8.73. The van der Waals surface area contributed by atoms with Gasteiger partial charge in [-0.15, -0.1) is 0 Å². The van der Waals surface area contributed by atoms with Crippen molar-refractivity contribution in [1.29, 1.82) is 0 Å². The molecule has 0 aromatic heterocycles. The molecule has 1 aromatic carbocycles. The van der Waals surface area contributed by atoms with Gasteiger partial charge in [-0.1, -0.05) is 48.1 Å². The highest BCUT2D eigenvalue weighted by Gasteiger charge is 1.93. The Balaban J connectivity index is 2.49. The summed E-state index contributed by atoms with van der Waals surface area (Å²) in [5.41, 5.74) is 3.85. The molecule has 0 aliphatic heterocycles. The van der Waals surface area contributed by atoms with Gasteiger partial charge in [-0.25, -0.2) is 0 Å². The van der Waals surface area contributed by atoms with Crippen LogP contribution in [0.5, 0.6) is 0 Å². The van der Waals surface area contributed by atoms with E-state index in [1.807, 2.05) is 12.1 Å². The highest BCUT2D eigenvalue weighted by Crippen LogP contribution is 2.15. The second-order valence-corrected chi connectivity index (χ2v) is 4.02. The van der Waals surface area contributed by atoms with E-state index < -0.39 is 0 Å². The Kier molecular flexibility index (Phi) is 5.58. The summed E-state index contributed by atoms with van der Waals surface area (Å²) in [7, 11) is 0. The van der Waals surface area contributed by atoms with Crippen LogP contribution in [0.1, 0.15) is 32.3 Å². The van der Waals surface area contributed by atoms with Crippen molar-refractivity contribution in [2.75, 3.05) is 6.61 Å². The third-order valence-corrected chi connectivity index (χ3v) is 2.66. The van der Waals surface area contributed by atoms with Gasteiger partial charge in [0.2, 0.25) is 0 Å². The van der Waals surface area contributed by atoms with Crippen LogP contribution >= 0.6 is 0 Å². The summed E-state index contributed by atoms with van der Waals surface area (Å²) in [4.78, 5) is 0. The van der Waals surface area contributed by atoms with Gasteiger partial charge in [0.15, 0.2) is 0 Å². The molecule has 0 saturated carbocycles. The molecule has 0 saturated heterocycles. The van der Waals surface area contributed by atoms with Crippen molar-refractivity contribution in [1.82, 2.24) is 0 Å². The van der Waals surface area contributed by atoms with Gasteiger partial charge in [-0.3, -0.25) is 0 Å². The van der Waals surface area contributed by atoms with Gasteiger partial charge in [0.1, 0.15) is 0 Å². The lowest BCUT2D eigenvalue weighted by molar-refractivity contribution is 0.341. The molecule has 0 spiro atoms. The molecule has 0 fully saturated rings. The SMILES string of the molecule is C/C(=C\CO)CC/C=C(\C)c1ccccc1. The van der Waals surface area contributed by atoms with E-state index in [-0.39, 0.29) is 6.61 Å². The summed E-state index contributed by atoms with van der Waals surface area (Å²) >= 11 is 0. The predicted octanol–water partition coefficient (Wildman–Crippen LogP) is 3.81. The van der Waals surface area contributed by atoms with Crippen LogP contribution in [-0.2, 0) is 0 Å². The lowest BCUT2D eigenvalue weighted by Crippen LogP contribution is -1.82. The topological polar surface area (TPSA) is 20.2 Å². The van der Waals surface area contributed by atoms with Crippen LogP contribution in [-0.4, -0.2) is 11.7 Å². The van der Waals surface area contributed by atoms with Gasteiger partial charge in [-0.05, 0) is 37.8 Å². The Labute approximate surface area is 98.1 Å². The Morgan fingerprint density at radius 1 is 1.12 bits per heavy atom. The largest absolute Gasteiger partial charge is 0.392 e. The zero-order valence-electron chi connectivity index (χ0n) is 10.1. The molecular weight excluding hydrogens is 196 g/mol. The fourth-order valence-electron chi connectivity index (χ4n) is 1.59. The minimum Gasteiger partial charge on any atom is -0.392 e. The molecule has 0 aliphatic carbocycles. The third-order valence-electron chi connectivity index (χ3n) is 2.66. The first-order chi connectivity index (χ1) is 7.74. The van der Waals surface area contributed by atoms with Crippen LogP contribution < -0.4 is 0 Å². The van der Waals surface area contributed by atoms with E-state index in [2.05, 4.69) is 44.2 Å². The average molecular weight is 216 g/mol. The molecule has 0 heterocycles. The lowest BCUT2D eigenvalue weighted by Gasteiger charge is -2.02. The van der Waals surface area contributed by atoms with Crippen molar-refractivity contribution < 1.29 is 5.11 Å². The van der Waals surface area contributed by atoms with Crippen LogP contribution in [0.3, 0.4) is 0 Å². The molecule has 86 valence electrons. The highest BCUT2D eigenvalue weighted by atomic mass is 16.2. The molecule has 1 N–H and O–H groups in total. The fourth-order valence-corrected chi connectivity index (χ4v) is 1.59. The van der Waals surface area contributed by atoms with Crippen LogP contribution in [0.4, 0.5) is 0 Å². The zero-order chi connectivity index (χ0) is 11.8. The van der Waals surface area contributed by atoms with Crippen molar-refractivity contribution in [3.8, 4) is 0 Å². The molecule has 1 heteroatoms. The number of hydrogen-bond donors (Lipinski definition) is 1. The Hall–Kier alpha value is -1.34. The minimum atomic E-state index is 0.146. The van der Waals surface area contributed by atoms with E-state index in [0.717, 1.165) is 12.8 Å². The van der Waals surface area contributed by atoms with Crippen molar-refractivity contribution in [2.45, 2.75) is 26.7 Å². The summed E-state index contributed by atoms with van der Waals surface area (Å²) in [6, 6.07) is 10.4. The molecule has 1 aromatic rings. The summed E-state index contributed by atoms with van der Waals surface area (Å²) in [5.74, 6) is 0. The Bertz CT molecular complexity index is 360. The number of rotatable bonds is 5. The van der Waals surface area contributed by atoms with E-state index in [4.69, 9.17) is 5.11 Å². The van der Waals surface area contributed by atoms with Crippen molar-refractivity contribution in [2.24, 2.45) is 0 Å². The van der Waals surface area contributed by atoms with Crippen LogP contribution in [0.15, 0.2) is 48.1 Å². The van der Waals surface area contributed by atoms with Crippen molar-refractivity contribution >= 4 is 5.57 Å². The van der Waals surface area contributed by atoms with Crippen LogP contribution in [0, 0.1) is 0 Å².